The molecule has 8 nitrogen and oxygen atoms in total. The highest BCUT2D eigenvalue weighted by Gasteiger charge is 2.18. The molecule has 0 aliphatic carbocycles. The van der Waals surface area contributed by atoms with Gasteiger partial charge in [0, 0.05) is 43.9 Å². The van der Waals surface area contributed by atoms with E-state index in [1.807, 2.05) is 0 Å². The summed E-state index contributed by atoms with van der Waals surface area (Å²) in [6.45, 7) is 1.14. The number of nitrogens with zero attached hydrogens (tertiary/aromatic N) is 2. The molecule has 0 bridgehead atoms. The molecule has 1 heterocycles. The van der Waals surface area contributed by atoms with E-state index in [9.17, 15) is 19.7 Å². The Labute approximate surface area is 114 Å². The fourth-order valence-corrected chi connectivity index (χ4v) is 1.87. The Balaban J connectivity index is 2.02. The average molecular weight is 278 g/mol. The second-order valence-corrected chi connectivity index (χ2v) is 4.32. The second kappa shape index (κ2) is 6.00. The topological polar surface area (TPSA) is 105 Å². The van der Waals surface area contributed by atoms with E-state index >= 15 is 0 Å². The maximum atomic E-state index is 12.0. The molecule has 0 aromatic heterocycles. The normalized spacial score (nSPS) is 15.2. The largest absolute Gasteiger partial charge is 0.354 e. The van der Waals surface area contributed by atoms with Gasteiger partial charge in [-0.3, -0.25) is 14.9 Å². The van der Waals surface area contributed by atoms with E-state index in [0.29, 0.717) is 25.3 Å². The van der Waals surface area contributed by atoms with Gasteiger partial charge >= 0.3 is 6.03 Å². The van der Waals surface area contributed by atoms with Crippen molar-refractivity contribution in [1.29, 1.82) is 0 Å². The number of amides is 3. The highest BCUT2D eigenvalue weighted by atomic mass is 16.6. The number of nitro groups is 1. The van der Waals surface area contributed by atoms with E-state index < -0.39 is 4.92 Å². The Morgan fingerprint density at radius 3 is 2.95 bits per heavy atom. The number of anilines is 1. The lowest BCUT2D eigenvalue weighted by atomic mass is 10.3. The molecule has 2 rings (SSSR count). The first-order valence-electron chi connectivity index (χ1n) is 6.13. The Hall–Kier alpha value is -2.64. The van der Waals surface area contributed by atoms with E-state index in [-0.39, 0.29) is 24.0 Å². The predicted molar refractivity (Wildman–Crippen MR) is 71.3 cm³/mol. The van der Waals surface area contributed by atoms with Crippen LogP contribution in [0.4, 0.5) is 16.2 Å². The summed E-state index contributed by atoms with van der Waals surface area (Å²) >= 11 is 0. The van der Waals surface area contributed by atoms with Crippen LogP contribution in [0.3, 0.4) is 0 Å². The van der Waals surface area contributed by atoms with Gasteiger partial charge in [0.25, 0.3) is 5.69 Å². The third kappa shape index (κ3) is 3.44. The second-order valence-electron chi connectivity index (χ2n) is 4.32. The summed E-state index contributed by atoms with van der Waals surface area (Å²) in [6.07, 6.45) is 0.252. The van der Waals surface area contributed by atoms with Crippen molar-refractivity contribution in [2.75, 3.05) is 25.0 Å². The number of nitro benzene ring substituents is 1. The van der Waals surface area contributed by atoms with Crippen LogP contribution >= 0.6 is 0 Å². The Kier molecular flexibility index (Phi) is 4.14. The van der Waals surface area contributed by atoms with Gasteiger partial charge in [-0.05, 0) is 6.07 Å². The molecule has 1 aromatic carbocycles. The summed E-state index contributed by atoms with van der Waals surface area (Å²) in [4.78, 5) is 34.8. The standard InChI is InChI=1S/C12H14N4O4/c17-11-4-6-15(7-5-13-11)12(18)14-9-2-1-3-10(8-9)16(19)20/h1-3,8H,4-7H2,(H,13,17)(H,14,18). The van der Waals surface area contributed by atoms with E-state index in [0.717, 1.165) is 0 Å². The van der Waals surface area contributed by atoms with Crippen LogP contribution in [0.2, 0.25) is 0 Å². The van der Waals surface area contributed by atoms with Gasteiger partial charge in [0.2, 0.25) is 5.91 Å². The smallest absolute Gasteiger partial charge is 0.321 e. The number of nitrogens with one attached hydrogen (secondary N) is 2. The van der Waals surface area contributed by atoms with Gasteiger partial charge in [-0.2, -0.15) is 0 Å². The highest BCUT2D eigenvalue weighted by molar-refractivity contribution is 5.90. The van der Waals surface area contributed by atoms with Gasteiger partial charge in [0.1, 0.15) is 0 Å². The fourth-order valence-electron chi connectivity index (χ4n) is 1.87. The highest BCUT2D eigenvalue weighted by Crippen LogP contribution is 2.17. The van der Waals surface area contributed by atoms with Crippen LogP contribution in [0.15, 0.2) is 24.3 Å². The molecule has 20 heavy (non-hydrogen) atoms. The first kappa shape index (κ1) is 13.8. The summed E-state index contributed by atoms with van der Waals surface area (Å²) in [6, 6.07) is 5.35. The van der Waals surface area contributed by atoms with Gasteiger partial charge in [-0.15, -0.1) is 0 Å². The van der Waals surface area contributed by atoms with Gasteiger partial charge in [0.15, 0.2) is 0 Å². The van der Waals surface area contributed by atoms with E-state index in [4.69, 9.17) is 0 Å². The molecule has 0 spiro atoms. The lowest BCUT2D eigenvalue weighted by molar-refractivity contribution is -0.384. The van der Waals surface area contributed by atoms with E-state index in [1.165, 1.54) is 23.1 Å². The molecule has 3 amide bonds. The van der Waals surface area contributed by atoms with Crippen LogP contribution in [-0.2, 0) is 4.79 Å². The average Bonchev–Trinajstić information content (AvgIpc) is 2.64. The number of carbonyl (C=O) groups excluding carboxylic acids is 2. The fraction of sp³-hybridized carbons (Fsp3) is 0.333. The molecule has 0 unspecified atom stereocenters. The zero-order valence-corrected chi connectivity index (χ0v) is 10.7. The maximum Gasteiger partial charge on any atom is 0.321 e. The SMILES string of the molecule is O=C1CCN(C(=O)Nc2cccc([N+](=O)[O-])c2)CCN1. The van der Waals surface area contributed by atoms with Gasteiger partial charge in [-0.25, -0.2) is 4.79 Å². The molecule has 0 radical (unpaired) electrons. The molecule has 1 aliphatic rings. The first-order chi connectivity index (χ1) is 9.56. The molecule has 0 saturated carbocycles. The Morgan fingerprint density at radius 2 is 2.20 bits per heavy atom. The molecule has 1 saturated heterocycles. The summed E-state index contributed by atoms with van der Waals surface area (Å²) in [5.41, 5.74) is 0.267. The maximum absolute atomic E-state index is 12.0. The van der Waals surface area contributed by atoms with Gasteiger partial charge < -0.3 is 15.5 Å². The first-order valence-corrected chi connectivity index (χ1v) is 6.13. The molecular weight excluding hydrogens is 264 g/mol. The third-order valence-electron chi connectivity index (χ3n) is 2.91. The third-order valence-corrected chi connectivity index (χ3v) is 2.91. The number of hydrogen-bond acceptors (Lipinski definition) is 4. The van der Waals surface area contributed by atoms with Crippen molar-refractivity contribution in [3.8, 4) is 0 Å². The summed E-state index contributed by atoms with van der Waals surface area (Å²) < 4.78 is 0. The summed E-state index contributed by atoms with van der Waals surface area (Å²) in [5.74, 6) is -0.0874. The molecule has 8 heteroatoms. The van der Waals surface area contributed by atoms with Crippen molar-refractivity contribution >= 4 is 23.3 Å². The minimum absolute atomic E-state index is 0.0874. The van der Waals surface area contributed by atoms with Crippen molar-refractivity contribution in [3.63, 3.8) is 0 Å². The monoisotopic (exact) mass is 278 g/mol. The number of non-ortho nitro benzene ring substituents is 1. The molecule has 1 aliphatic heterocycles. The zero-order valence-electron chi connectivity index (χ0n) is 10.7. The van der Waals surface area contributed by atoms with Crippen LogP contribution in [0.5, 0.6) is 0 Å². The van der Waals surface area contributed by atoms with E-state index in [1.54, 1.807) is 6.07 Å². The van der Waals surface area contributed by atoms with Crippen LogP contribution < -0.4 is 10.6 Å². The van der Waals surface area contributed by atoms with Crippen molar-refractivity contribution in [2.45, 2.75) is 6.42 Å². The Morgan fingerprint density at radius 1 is 1.40 bits per heavy atom. The number of urea groups is 1. The minimum atomic E-state index is -0.524. The molecule has 2 N–H and O–H groups in total. The van der Waals surface area contributed by atoms with Crippen LogP contribution in [0.1, 0.15) is 6.42 Å². The molecule has 106 valence electrons. The van der Waals surface area contributed by atoms with Crippen LogP contribution in [-0.4, -0.2) is 41.4 Å². The van der Waals surface area contributed by atoms with Crippen LogP contribution in [0, 0.1) is 10.1 Å². The predicted octanol–water partition coefficient (Wildman–Crippen LogP) is 0.949. The van der Waals surface area contributed by atoms with E-state index in [2.05, 4.69) is 10.6 Å². The number of hydrogen-bond donors (Lipinski definition) is 2. The molecule has 1 aromatic rings. The number of benzene rings is 1. The van der Waals surface area contributed by atoms with Crippen molar-refractivity contribution in [3.05, 3.63) is 34.4 Å². The number of carbonyl (C=O) groups is 2. The van der Waals surface area contributed by atoms with Crippen molar-refractivity contribution < 1.29 is 14.5 Å². The van der Waals surface area contributed by atoms with Gasteiger partial charge in [-0.1, -0.05) is 6.07 Å². The lowest BCUT2D eigenvalue weighted by Crippen LogP contribution is -2.37. The van der Waals surface area contributed by atoms with Crippen molar-refractivity contribution in [2.24, 2.45) is 0 Å². The summed E-state index contributed by atoms with van der Waals surface area (Å²) in [5, 5.41) is 15.9. The Bertz CT molecular complexity index is 546. The molecule has 0 atom stereocenters. The zero-order chi connectivity index (χ0) is 14.5. The van der Waals surface area contributed by atoms with Crippen molar-refractivity contribution in [1.82, 2.24) is 10.2 Å². The quantitative estimate of drug-likeness (QED) is 0.620. The molecular formula is C12H14N4O4. The number of rotatable bonds is 2. The van der Waals surface area contributed by atoms with Crippen LogP contribution in [0.25, 0.3) is 0 Å². The molecule has 1 fully saturated rings. The lowest BCUT2D eigenvalue weighted by Gasteiger charge is -2.19. The summed E-state index contributed by atoms with van der Waals surface area (Å²) in [7, 11) is 0. The van der Waals surface area contributed by atoms with Gasteiger partial charge in [0.05, 0.1) is 4.92 Å². The minimum Gasteiger partial charge on any atom is -0.354 e.